The van der Waals surface area contributed by atoms with Crippen molar-refractivity contribution < 1.29 is 4.92 Å². The van der Waals surface area contributed by atoms with Crippen molar-refractivity contribution in [2.24, 2.45) is 5.10 Å². The molecule has 104 valence electrons. The molecule has 1 unspecified atom stereocenters. The third-order valence-electron chi connectivity index (χ3n) is 2.81. The van der Waals surface area contributed by atoms with Crippen molar-refractivity contribution in [2.45, 2.75) is 11.2 Å². The molecule has 3 rings (SSSR count). The van der Waals surface area contributed by atoms with Crippen LogP contribution < -0.4 is 5.01 Å². The molecule has 0 radical (unpaired) electrons. The SMILES string of the molecule is CSc1nc2n(n1)C(c1cccs1)C([N+](=O)[O-])=NN2C. The van der Waals surface area contributed by atoms with Gasteiger partial charge in [-0.25, -0.2) is 4.68 Å². The van der Waals surface area contributed by atoms with Crippen LogP contribution in [0.2, 0.25) is 0 Å². The summed E-state index contributed by atoms with van der Waals surface area (Å²) >= 11 is 2.82. The maximum Gasteiger partial charge on any atom is 0.394 e. The summed E-state index contributed by atoms with van der Waals surface area (Å²) in [5.74, 6) is 0.346. The Hall–Kier alpha value is -1.94. The van der Waals surface area contributed by atoms with Crippen LogP contribution in [0.15, 0.2) is 27.8 Å². The summed E-state index contributed by atoms with van der Waals surface area (Å²) in [5, 5.41) is 23.5. The topological polar surface area (TPSA) is 89.4 Å². The van der Waals surface area contributed by atoms with Gasteiger partial charge in [-0.2, -0.15) is 4.98 Å². The number of thioether (sulfide) groups is 1. The third-order valence-corrected chi connectivity index (χ3v) is 4.27. The minimum Gasteiger partial charge on any atom is -0.358 e. The van der Waals surface area contributed by atoms with Crippen molar-refractivity contribution in [3.63, 3.8) is 0 Å². The number of thiophene rings is 1. The molecule has 1 aliphatic heterocycles. The summed E-state index contributed by atoms with van der Waals surface area (Å²) in [6.07, 6.45) is 1.86. The van der Waals surface area contributed by atoms with Crippen LogP contribution in [-0.2, 0) is 0 Å². The Bertz CT molecular complexity index is 680. The van der Waals surface area contributed by atoms with E-state index >= 15 is 0 Å². The van der Waals surface area contributed by atoms with Gasteiger partial charge in [-0.05, 0) is 22.6 Å². The van der Waals surface area contributed by atoms with Gasteiger partial charge in [-0.15, -0.1) is 21.4 Å². The lowest BCUT2D eigenvalue weighted by Crippen LogP contribution is -2.36. The van der Waals surface area contributed by atoms with Gasteiger partial charge >= 0.3 is 5.84 Å². The van der Waals surface area contributed by atoms with Crippen molar-refractivity contribution in [3.05, 3.63) is 32.5 Å². The molecule has 2 aromatic rings. The number of hydrazone groups is 1. The van der Waals surface area contributed by atoms with Crippen molar-refractivity contribution in [3.8, 4) is 0 Å². The second kappa shape index (κ2) is 4.87. The second-order valence-electron chi connectivity index (χ2n) is 4.00. The zero-order chi connectivity index (χ0) is 14.3. The number of amidine groups is 1. The standard InChI is InChI=1S/C10H10N6O2S2/c1-14-10-11-9(19-2)13-15(10)7(6-4-3-5-20-6)8(12-14)16(17)18/h3-5,7H,1-2H3. The quantitative estimate of drug-likeness (QED) is 0.476. The predicted molar refractivity (Wildman–Crippen MR) is 77.1 cm³/mol. The van der Waals surface area contributed by atoms with Gasteiger partial charge in [0.1, 0.15) is 0 Å². The van der Waals surface area contributed by atoms with E-state index in [2.05, 4.69) is 15.2 Å². The van der Waals surface area contributed by atoms with Crippen molar-refractivity contribution in [1.29, 1.82) is 0 Å². The van der Waals surface area contributed by atoms with E-state index in [0.29, 0.717) is 11.1 Å². The number of nitrogens with zero attached hydrogens (tertiary/aromatic N) is 6. The van der Waals surface area contributed by atoms with Gasteiger partial charge in [0.2, 0.25) is 11.2 Å². The summed E-state index contributed by atoms with van der Waals surface area (Å²) in [5.41, 5.74) is 0. The van der Waals surface area contributed by atoms with E-state index in [1.807, 2.05) is 23.8 Å². The molecule has 2 aromatic heterocycles. The Balaban J connectivity index is 2.18. The highest BCUT2D eigenvalue weighted by atomic mass is 32.2. The van der Waals surface area contributed by atoms with Gasteiger partial charge in [0.25, 0.3) is 5.95 Å². The number of rotatable bonds is 2. The normalized spacial score (nSPS) is 17.8. The lowest BCUT2D eigenvalue weighted by Gasteiger charge is -2.20. The molecule has 0 amide bonds. The highest BCUT2D eigenvalue weighted by Gasteiger charge is 2.40. The largest absolute Gasteiger partial charge is 0.394 e. The molecule has 0 fully saturated rings. The summed E-state index contributed by atoms with van der Waals surface area (Å²) in [6, 6.07) is 3.05. The molecular formula is C10H10N6O2S2. The smallest absolute Gasteiger partial charge is 0.358 e. The van der Waals surface area contributed by atoms with Crippen LogP contribution in [-0.4, -0.2) is 38.8 Å². The van der Waals surface area contributed by atoms with Gasteiger partial charge in [0, 0.05) is 4.88 Å². The highest BCUT2D eigenvalue weighted by Crippen LogP contribution is 2.32. The van der Waals surface area contributed by atoms with Crippen molar-refractivity contribution in [2.75, 3.05) is 18.3 Å². The fourth-order valence-electron chi connectivity index (χ4n) is 1.97. The van der Waals surface area contributed by atoms with E-state index in [4.69, 9.17) is 0 Å². The maximum absolute atomic E-state index is 11.3. The number of fused-ring (bicyclic) bond motifs is 1. The number of hydrogen-bond acceptors (Lipinski definition) is 8. The summed E-state index contributed by atoms with van der Waals surface area (Å²) in [4.78, 5) is 15.9. The lowest BCUT2D eigenvalue weighted by molar-refractivity contribution is -0.355. The predicted octanol–water partition coefficient (Wildman–Crippen LogP) is 1.69. The fraction of sp³-hybridized carbons (Fsp3) is 0.300. The average molecular weight is 310 g/mol. The number of aromatic nitrogens is 3. The van der Waals surface area contributed by atoms with Crippen LogP contribution in [0.4, 0.5) is 5.95 Å². The molecule has 0 bridgehead atoms. The Morgan fingerprint density at radius 3 is 2.95 bits per heavy atom. The first kappa shape index (κ1) is 13.1. The first-order valence-corrected chi connectivity index (χ1v) is 7.73. The van der Waals surface area contributed by atoms with Gasteiger partial charge < -0.3 is 10.1 Å². The zero-order valence-electron chi connectivity index (χ0n) is 10.6. The van der Waals surface area contributed by atoms with E-state index in [0.717, 1.165) is 4.88 Å². The van der Waals surface area contributed by atoms with Crippen LogP contribution in [0, 0.1) is 10.1 Å². The maximum atomic E-state index is 11.3. The number of anilines is 1. The first-order chi connectivity index (χ1) is 9.61. The van der Waals surface area contributed by atoms with E-state index in [1.165, 1.54) is 28.1 Å². The van der Waals surface area contributed by atoms with Crippen LogP contribution in [0.5, 0.6) is 0 Å². The Labute approximate surface area is 122 Å². The molecule has 0 spiro atoms. The van der Waals surface area contributed by atoms with Gasteiger partial charge in [0.05, 0.1) is 12.1 Å². The first-order valence-electron chi connectivity index (χ1n) is 5.62. The van der Waals surface area contributed by atoms with Gasteiger partial charge in [-0.3, -0.25) is 0 Å². The summed E-state index contributed by atoms with van der Waals surface area (Å²) in [6.45, 7) is 0. The number of hydrogen-bond donors (Lipinski definition) is 0. The van der Waals surface area contributed by atoms with Crippen LogP contribution in [0.25, 0.3) is 0 Å². The van der Waals surface area contributed by atoms with E-state index in [-0.39, 0.29) is 5.84 Å². The van der Waals surface area contributed by atoms with Crippen LogP contribution in [0.1, 0.15) is 10.9 Å². The molecule has 0 N–H and O–H groups in total. The van der Waals surface area contributed by atoms with E-state index in [1.54, 1.807) is 11.7 Å². The van der Waals surface area contributed by atoms with Crippen LogP contribution >= 0.6 is 23.1 Å². The molecule has 1 atom stereocenters. The van der Waals surface area contributed by atoms with E-state index in [9.17, 15) is 10.1 Å². The minimum atomic E-state index is -0.635. The Kier molecular flexibility index (Phi) is 3.18. The van der Waals surface area contributed by atoms with E-state index < -0.39 is 11.0 Å². The molecule has 0 aliphatic carbocycles. The number of nitro groups is 1. The Morgan fingerprint density at radius 2 is 2.35 bits per heavy atom. The second-order valence-corrected chi connectivity index (χ2v) is 5.75. The molecule has 0 saturated heterocycles. The van der Waals surface area contributed by atoms with Crippen LogP contribution in [0.3, 0.4) is 0 Å². The Morgan fingerprint density at radius 1 is 1.55 bits per heavy atom. The molecule has 8 nitrogen and oxygen atoms in total. The fourth-order valence-corrected chi connectivity index (χ4v) is 3.12. The molecule has 10 heteroatoms. The minimum absolute atomic E-state index is 0.153. The molecule has 0 aromatic carbocycles. The highest BCUT2D eigenvalue weighted by molar-refractivity contribution is 7.98. The molecule has 0 saturated carbocycles. The molecular weight excluding hydrogens is 300 g/mol. The zero-order valence-corrected chi connectivity index (χ0v) is 12.3. The van der Waals surface area contributed by atoms with Crippen molar-refractivity contribution in [1.82, 2.24) is 14.8 Å². The molecule has 20 heavy (non-hydrogen) atoms. The summed E-state index contributed by atoms with van der Waals surface area (Å²) in [7, 11) is 1.62. The van der Waals surface area contributed by atoms with Gasteiger partial charge in [-0.1, -0.05) is 17.8 Å². The lowest BCUT2D eigenvalue weighted by atomic mass is 10.2. The molecule has 1 aliphatic rings. The van der Waals surface area contributed by atoms with Gasteiger partial charge in [0.15, 0.2) is 0 Å². The monoisotopic (exact) mass is 310 g/mol. The summed E-state index contributed by atoms with van der Waals surface area (Å²) < 4.78 is 1.56. The van der Waals surface area contributed by atoms with Crippen molar-refractivity contribution >= 4 is 34.9 Å². The average Bonchev–Trinajstić information content (AvgIpc) is 3.07. The molecule has 3 heterocycles. The third kappa shape index (κ3) is 1.96.